The van der Waals surface area contributed by atoms with Gasteiger partial charge in [0.05, 0.1) is 5.03 Å². The Labute approximate surface area is 109 Å². The third-order valence-corrected chi connectivity index (χ3v) is 3.71. The number of fused-ring (bicyclic) bond motifs is 1. The van der Waals surface area contributed by atoms with Gasteiger partial charge in [-0.2, -0.15) is 0 Å². The Kier molecular flexibility index (Phi) is 2.72. The van der Waals surface area contributed by atoms with E-state index in [1.165, 1.54) is 5.39 Å². The molecule has 1 aromatic carbocycles. The highest BCUT2D eigenvalue weighted by molar-refractivity contribution is 7.99. The largest absolute Gasteiger partial charge is 0.398 e. The Bertz CT molecular complexity index is 670. The lowest BCUT2D eigenvalue weighted by atomic mass is 10.3. The number of aromatic nitrogens is 2. The summed E-state index contributed by atoms with van der Waals surface area (Å²) in [5.74, 6) is 0. The minimum atomic E-state index is 0.781. The predicted molar refractivity (Wildman–Crippen MR) is 75.8 cm³/mol. The molecule has 3 aromatic rings. The molecule has 0 atom stereocenters. The summed E-state index contributed by atoms with van der Waals surface area (Å²) in [7, 11) is 0. The molecule has 90 valence electrons. The summed E-state index contributed by atoms with van der Waals surface area (Å²) in [5, 5.41) is 3.19. The zero-order valence-electron chi connectivity index (χ0n) is 9.97. The summed E-state index contributed by atoms with van der Waals surface area (Å²) in [5.41, 5.74) is 8.82. The number of aromatic amines is 1. The van der Waals surface area contributed by atoms with Gasteiger partial charge in [0.1, 0.15) is 5.03 Å². The van der Waals surface area contributed by atoms with E-state index in [2.05, 4.69) is 28.2 Å². The van der Waals surface area contributed by atoms with Crippen molar-refractivity contribution in [2.75, 3.05) is 5.73 Å². The second-order valence-corrected chi connectivity index (χ2v) is 5.26. The van der Waals surface area contributed by atoms with Crippen molar-refractivity contribution in [1.29, 1.82) is 0 Å². The summed E-state index contributed by atoms with van der Waals surface area (Å²) >= 11 is 1.59. The number of pyridine rings is 1. The smallest absolute Gasteiger partial charge is 0.104 e. The van der Waals surface area contributed by atoms with Crippen molar-refractivity contribution in [3.63, 3.8) is 0 Å². The molecule has 0 spiro atoms. The molecule has 0 unspecified atom stereocenters. The number of nitrogen functional groups attached to an aromatic ring is 1. The highest BCUT2D eigenvalue weighted by Gasteiger charge is 2.04. The second kappa shape index (κ2) is 4.38. The molecule has 2 heterocycles. The molecular weight excluding hydrogens is 242 g/mol. The highest BCUT2D eigenvalue weighted by atomic mass is 32.2. The van der Waals surface area contributed by atoms with Crippen LogP contribution in [0.3, 0.4) is 0 Å². The number of rotatable bonds is 2. The molecule has 0 saturated carbocycles. The average molecular weight is 255 g/mol. The van der Waals surface area contributed by atoms with Crippen molar-refractivity contribution in [2.24, 2.45) is 0 Å². The van der Waals surface area contributed by atoms with Gasteiger partial charge in [-0.15, -0.1) is 0 Å². The SMILES string of the molecule is Cc1cnc(Sc2cc3ccccc3[nH]2)cc1N. The number of benzene rings is 1. The molecule has 3 rings (SSSR count). The van der Waals surface area contributed by atoms with Crippen LogP contribution in [0.2, 0.25) is 0 Å². The molecule has 0 aliphatic rings. The molecule has 0 bridgehead atoms. The topological polar surface area (TPSA) is 54.7 Å². The highest BCUT2D eigenvalue weighted by Crippen LogP contribution is 2.29. The minimum absolute atomic E-state index is 0.781. The summed E-state index contributed by atoms with van der Waals surface area (Å²) in [6.07, 6.45) is 1.81. The second-order valence-electron chi connectivity index (χ2n) is 4.20. The van der Waals surface area contributed by atoms with E-state index < -0.39 is 0 Å². The van der Waals surface area contributed by atoms with Crippen LogP contribution in [0.5, 0.6) is 0 Å². The Morgan fingerprint density at radius 3 is 2.83 bits per heavy atom. The molecule has 4 heteroatoms. The van der Waals surface area contributed by atoms with E-state index >= 15 is 0 Å². The van der Waals surface area contributed by atoms with Gasteiger partial charge in [0.2, 0.25) is 0 Å². The molecule has 3 N–H and O–H groups in total. The minimum Gasteiger partial charge on any atom is -0.398 e. The first-order valence-corrected chi connectivity index (χ1v) is 6.52. The predicted octanol–water partition coefficient (Wildman–Crippen LogP) is 3.60. The van der Waals surface area contributed by atoms with Crippen LogP contribution >= 0.6 is 11.8 Å². The molecule has 0 radical (unpaired) electrons. The number of anilines is 1. The molecule has 0 fully saturated rings. The van der Waals surface area contributed by atoms with Crippen LogP contribution < -0.4 is 5.73 Å². The van der Waals surface area contributed by atoms with Gasteiger partial charge >= 0.3 is 0 Å². The van der Waals surface area contributed by atoms with Gasteiger partial charge in [-0.1, -0.05) is 30.0 Å². The zero-order chi connectivity index (χ0) is 12.5. The standard InChI is InChI=1S/C14H13N3S/c1-9-8-16-13(7-11(9)15)18-14-6-10-4-2-3-5-12(10)17-14/h2-8,17H,1H3,(H2,15,16). The summed E-state index contributed by atoms with van der Waals surface area (Å²) in [4.78, 5) is 7.73. The fourth-order valence-electron chi connectivity index (χ4n) is 1.79. The van der Waals surface area contributed by atoms with Gasteiger partial charge in [0.25, 0.3) is 0 Å². The summed E-state index contributed by atoms with van der Waals surface area (Å²) in [6, 6.07) is 12.2. The van der Waals surface area contributed by atoms with Crippen LogP contribution in [0, 0.1) is 6.92 Å². The Morgan fingerprint density at radius 1 is 1.22 bits per heavy atom. The Balaban J connectivity index is 1.93. The fraction of sp³-hybridized carbons (Fsp3) is 0.0714. The number of nitrogens with zero attached hydrogens (tertiary/aromatic N) is 1. The lowest BCUT2D eigenvalue weighted by Crippen LogP contribution is -1.91. The van der Waals surface area contributed by atoms with Gasteiger partial charge in [-0.3, -0.25) is 0 Å². The number of hydrogen-bond acceptors (Lipinski definition) is 3. The van der Waals surface area contributed by atoms with Gasteiger partial charge in [0, 0.05) is 22.8 Å². The van der Waals surface area contributed by atoms with E-state index in [0.29, 0.717) is 0 Å². The number of H-pyrrole nitrogens is 1. The van der Waals surface area contributed by atoms with Gasteiger partial charge in [-0.25, -0.2) is 4.98 Å². The zero-order valence-corrected chi connectivity index (χ0v) is 10.8. The first kappa shape index (κ1) is 11.2. The molecule has 0 aliphatic heterocycles. The Morgan fingerprint density at radius 2 is 2.06 bits per heavy atom. The fourth-order valence-corrected chi connectivity index (χ4v) is 2.65. The van der Waals surface area contributed by atoms with Crippen LogP contribution in [0.4, 0.5) is 5.69 Å². The lowest BCUT2D eigenvalue weighted by Gasteiger charge is -2.02. The summed E-state index contributed by atoms with van der Waals surface area (Å²) < 4.78 is 0. The lowest BCUT2D eigenvalue weighted by molar-refractivity contribution is 1.10. The normalized spacial score (nSPS) is 10.9. The average Bonchev–Trinajstić information content (AvgIpc) is 2.76. The van der Waals surface area contributed by atoms with Gasteiger partial charge in [-0.05, 0) is 30.7 Å². The maximum absolute atomic E-state index is 5.89. The van der Waals surface area contributed by atoms with E-state index in [9.17, 15) is 0 Å². The molecule has 18 heavy (non-hydrogen) atoms. The Hall–Kier alpha value is -1.94. The number of aryl methyl sites for hydroxylation is 1. The molecule has 2 aromatic heterocycles. The first-order valence-electron chi connectivity index (χ1n) is 5.70. The number of nitrogens with two attached hydrogens (primary N) is 1. The van der Waals surface area contributed by atoms with Crippen molar-refractivity contribution >= 4 is 28.4 Å². The first-order chi connectivity index (χ1) is 8.72. The van der Waals surface area contributed by atoms with Crippen molar-refractivity contribution in [3.8, 4) is 0 Å². The van der Waals surface area contributed by atoms with E-state index in [1.807, 2.05) is 25.1 Å². The molecule has 0 aliphatic carbocycles. The molecule has 0 amide bonds. The van der Waals surface area contributed by atoms with Crippen LogP contribution in [-0.2, 0) is 0 Å². The monoisotopic (exact) mass is 255 g/mol. The van der Waals surface area contributed by atoms with Gasteiger partial charge in [0.15, 0.2) is 0 Å². The van der Waals surface area contributed by atoms with Crippen LogP contribution in [0.25, 0.3) is 10.9 Å². The maximum Gasteiger partial charge on any atom is 0.104 e. The van der Waals surface area contributed by atoms with Gasteiger partial charge < -0.3 is 10.7 Å². The van der Waals surface area contributed by atoms with Crippen molar-refractivity contribution in [3.05, 3.63) is 48.2 Å². The van der Waals surface area contributed by atoms with Crippen LogP contribution in [-0.4, -0.2) is 9.97 Å². The van der Waals surface area contributed by atoms with Crippen molar-refractivity contribution in [2.45, 2.75) is 17.0 Å². The third-order valence-electron chi connectivity index (χ3n) is 2.84. The summed E-state index contributed by atoms with van der Waals surface area (Å²) in [6.45, 7) is 1.96. The maximum atomic E-state index is 5.89. The number of nitrogens with one attached hydrogen (secondary N) is 1. The van der Waals surface area contributed by atoms with Crippen molar-refractivity contribution in [1.82, 2.24) is 9.97 Å². The van der Waals surface area contributed by atoms with Crippen molar-refractivity contribution < 1.29 is 0 Å². The molecular formula is C14H13N3S. The van der Waals surface area contributed by atoms with E-state index in [-0.39, 0.29) is 0 Å². The van der Waals surface area contributed by atoms with E-state index in [0.717, 1.165) is 26.8 Å². The third kappa shape index (κ3) is 2.07. The number of para-hydroxylation sites is 1. The van der Waals surface area contributed by atoms with E-state index in [4.69, 9.17) is 5.73 Å². The molecule has 0 saturated heterocycles. The van der Waals surface area contributed by atoms with Crippen LogP contribution in [0.1, 0.15) is 5.56 Å². The molecule has 3 nitrogen and oxygen atoms in total. The number of hydrogen-bond donors (Lipinski definition) is 2. The quantitative estimate of drug-likeness (QED) is 0.735. The van der Waals surface area contributed by atoms with E-state index in [1.54, 1.807) is 18.0 Å². The van der Waals surface area contributed by atoms with Crippen LogP contribution in [0.15, 0.2) is 52.6 Å².